The Morgan fingerprint density at radius 2 is 1.42 bits per heavy atom. The van der Waals surface area contributed by atoms with Crippen LogP contribution in [0.1, 0.15) is 110 Å². The van der Waals surface area contributed by atoms with Gasteiger partial charge >= 0.3 is 0 Å². The molecule has 0 saturated carbocycles. The van der Waals surface area contributed by atoms with Gasteiger partial charge in [0, 0.05) is 12.0 Å². The molecule has 3 nitrogen and oxygen atoms in total. The average molecular weight is 478 g/mol. The molecule has 1 unspecified atom stereocenters. The first-order chi connectivity index (χ1) is 14.8. The van der Waals surface area contributed by atoms with Crippen LogP contribution in [0, 0.1) is 0 Å². The van der Waals surface area contributed by atoms with Gasteiger partial charge in [0.05, 0.1) is 19.7 Å². The van der Waals surface area contributed by atoms with E-state index >= 15 is 0 Å². The molecule has 1 aliphatic rings. The molecule has 0 aromatic heterocycles. The molecular weight excluding hydrogens is 427 g/mol. The Balaban J connectivity index is 0.00000900. The summed E-state index contributed by atoms with van der Waals surface area (Å²) in [5, 5.41) is 9.55. The predicted molar refractivity (Wildman–Crippen MR) is 134 cm³/mol. The summed E-state index contributed by atoms with van der Waals surface area (Å²) >= 11 is 5.85. The fourth-order valence-electron chi connectivity index (χ4n) is 4.56. The third-order valence-corrected chi connectivity index (χ3v) is 6.79. The third-order valence-electron chi connectivity index (χ3n) is 6.53. The highest BCUT2D eigenvalue weighted by Crippen LogP contribution is 2.19. The first-order valence-corrected chi connectivity index (χ1v) is 13.6. The molecule has 1 heterocycles. The summed E-state index contributed by atoms with van der Waals surface area (Å²) in [4.78, 5) is 4.75. The second kappa shape index (κ2) is 21.7. The first kappa shape index (κ1) is 30.9. The molecule has 1 N–H and O–H groups in total. The summed E-state index contributed by atoms with van der Waals surface area (Å²) in [6.45, 7) is 6.27. The van der Waals surface area contributed by atoms with Crippen LogP contribution in [-0.4, -0.2) is 54.1 Å². The zero-order chi connectivity index (χ0) is 21.8. The minimum atomic E-state index is 0. The van der Waals surface area contributed by atoms with Crippen molar-refractivity contribution in [3.05, 3.63) is 12.2 Å². The van der Waals surface area contributed by atoms with E-state index in [1.807, 2.05) is 0 Å². The molecule has 1 rings (SSSR count). The maximum atomic E-state index is 9.55. The summed E-state index contributed by atoms with van der Waals surface area (Å²) in [6.07, 6.45) is 26.1. The summed E-state index contributed by atoms with van der Waals surface area (Å²) in [7, 11) is 0. The molecule has 31 heavy (non-hydrogen) atoms. The standard InChI is InChI=1S/C26H50ClN2O.ClH/c1-2-3-4-5-6-7-8-9-10-11-12-13-14-15-16-19-26-28-21-23-29(26,24-25-30)22-18-17-20-27;/h16,19,30H,2-15,17-18,20-25H2,1H3;1H/q+1;/p-1. The largest absolute Gasteiger partial charge is 1.00 e. The highest BCUT2D eigenvalue weighted by atomic mass is 35.5. The van der Waals surface area contributed by atoms with Crippen molar-refractivity contribution < 1.29 is 22.0 Å². The van der Waals surface area contributed by atoms with Gasteiger partial charge in [-0.3, -0.25) is 4.48 Å². The lowest BCUT2D eigenvalue weighted by Gasteiger charge is -2.33. The minimum absolute atomic E-state index is 0. The van der Waals surface area contributed by atoms with Gasteiger partial charge in [0.2, 0.25) is 5.84 Å². The van der Waals surface area contributed by atoms with E-state index in [1.54, 1.807) is 0 Å². The normalized spacial score (nSPS) is 18.5. The van der Waals surface area contributed by atoms with Crippen LogP contribution in [-0.2, 0) is 0 Å². The topological polar surface area (TPSA) is 32.6 Å². The average Bonchev–Trinajstić information content (AvgIpc) is 3.13. The fourth-order valence-corrected chi connectivity index (χ4v) is 4.75. The Bertz CT molecular complexity index is 457. The maximum absolute atomic E-state index is 9.55. The van der Waals surface area contributed by atoms with Gasteiger partial charge in [-0.2, -0.15) is 0 Å². The summed E-state index contributed by atoms with van der Waals surface area (Å²) in [5.41, 5.74) is 0. The second-order valence-corrected chi connectivity index (χ2v) is 9.49. The van der Waals surface area contributed by atoms with E-state index in [4.69, 9.17) is 16.6 Å². The number of hydrogen-bond donors (Lipinski definition) is 1. The van der Waals surface area contributed by atoms with Crippen molar-refractivity contribution in [1.29, 1.82) is 0 Å². The van der Waals surface area contributed by atoms with Crippen molar-refractivity contribution in [2.24, 2.45) is 4.99 Å². The summed E-state index contributed by atoms with van der Waals surface area (Å²) in [6, 6.07) is 0. The lowest BCUT2D eigenvalue weighted by Crippen LogP contribution is -3.00. The molecule has 184 valence electrons. The lowest BCUT2D eigenvalue weighted by molar-refractivity contribution is -0.834. The third kappa shape index (κ3) is 14.6. The van der Waals surface area contributed by atoms with Crippen LogP contribution in [0.4, 0.5) is 0 Å². The molecule has 0 fully saturated rings. The van der Waals surface area contributed by atoms with E-state index < -0.39 is 0 Å². The van der Waals surface area contributed by atoms with E-state index in [2.05, 4.69) is 19.1 Å². The molecule has 0 aliphatic carbocycles. The van der Waals surface area contributed by atoms with Gasteiger partial charge < -0.3 is 17.5 Å². The number of aliphatic hydroxyl groups is 1. The van der Waals surface area contributed by atoms with Crippen molar-refractivity contribution >= 4 is 17.4 Å². The number of alkyl halides is 1. The molecule has 0 spiro atoms. The zero-order valence-corrected chi connectivity index (χ0v) is 21.8. The number of aliphatic imine (C=N–C) groups is 1. The quantitative estimate of drug-likeness (QED) is 0.150. The van der Waals surface area contributed by atoms with Gasteiger partial charge in [-0.1, -0.05) is 90.0 Å². The van der Waals surface area contributed by atoms with Crippen molar-refractivity contribution in [1.82, 2.24) is 0 Å². The maximum Gasteiger partial charge on any atom is 0.222 e. The van der Waals surface area contributed by atoms with Crippen molar-refractivity contribution in [2.75, 3.05) is 38.7 Å². The minimum Gasteiger partial charge on any atom is -1.00 e. The number of unbranched alkanes of at least 4 members (excludes halogenated alkanes) is 14. The predicted octanol–water partition coefficient (Wildman–Crippen LogP) is 4.27. The van der Waals surface area contributed by atoms with Gasteiger partial charge in [-0.05, 0) is 25.7 Å². The van der Waals surface area contributed by atoms with Gasteiger partial charge in [0.15, 0.2) is 0 Å². The van der Waals surface area contributed by atoms with Crippen LogP contribution in [0.25, 0.3) is 0 Å². The molecule has 0 amide bonds. The van der Waals surface area contributed by atoms with Gasteiger partial charge in [0.1, 0.15) is 13.1 Å². The molecular formula is C26H50Cl2N2O. The van der Waals surface area contributed by atoms with Crippen molar-refractivity contribution in [3.8, 4) is 0 Å². The molecule has 1 aliphatic heterocycles. The van der Waals surface area contributed by atoms with Crippen molar-refractivity contribution in [3.63, 3.8) is 0 Å². The number of nitrogens with zero attached hydrogens (tertiary/aromatic N) is 2. The highest BCUT2D eigenvalue weighted by Gasteiger charge is 2.35. The number of amidine groups is 1. The number of allylic oxidation sites excluding steroid dienone is 1. The monoisotopic (exact) mass is 476 g/mol. The molecule has 0 bridgehead atoms. The fraction of sp³-hybridized carbons (Fsp3) is 0.885. The molecule has 5 heteroatoms. The van der Waals surface area contributed by atoms with Crippen LogP contribution in [0.5, 0.6) is 0 Å². The van der Waals surface area contributed by atoms with E-state index in [0.717, 1.165) is 55.8 Å². The Labute approximate surface area is 204 Å². The SMILES string of the molecule is CCCCCCCCCCCCCCCC=CC1=NCC[N+]1(CCO)CCCCCl.[Cl-]. The summed E-state index contributed by atoms with van der Waals surface area (Å²) in [5.74, 6) is 1.90. The Hall–Kier alpha value is -0.0900. The van der Waals surface area contributed by atoms with E-state index in [0.29, 0.717) is 0 Å². The molecule has 0 radical (unpaired) electrons. The van der Waals surface area contributed by atoms with Crippen molar-refractivity contribution in [2.45, 2.75) is 110 Å². The van der Waals surface area contributed by atoms with Crippen LogP contribution >= 0.6 is 11.6 Å². The molecule has 0 aromatic carbocycles. The number of hydrogen-bond acceptors (Lipinski definition) is 2. The van der Waals surface area contributed by atoms with Gasteiger partial charge in [-0.15, -0.1) is 11.6 Å². The highest BCUT2D eigenvalue weighted by molar-refractivity contribution is 6.17. The van der Waals surface area contributed by atoms with Crippen LogP contribution in [0.2, 0.25) is 0 Å². The van der Waals surface area contributed by atoms with Crippen LogP contribution < -0.4 is 12.4 Å². The number of aliphatic hydroxyl groups excluding tert-OH is 1. The number of halogens is 2. The van der Waals surface area contributed by atoms with Gasteiger partial charge in [-0.25, -0.2) is 4.99 Å². The molecule has 0 aromatic rings. The van der Waals surface area contributed by atoms with E-state index in [-0.39, 0.29) is 19.0 Å². The van der Waals surface area contributed by atoms with Crippen LogP contribution in [0.15, 0.2) is 17.1 Å². The molecule has 1 atom stereocenters. The van der Waals surface area contributed by atoms with Crippen LogP contribution in [0.3, 0.4) is 0 Å². The second-order valence-electron chi connectivity index (χ2n) is 9.11. The number of rotatable bonds is 21. The van der Waals surface area contributed by atoms with Gasteiger partial charge in [0.25, 0.3) is 0 Å². The Morgan fingerprint density at radius 3 is 1.97 bits per heavy atom. The lowest BCUT2D eigenvalue weighted by atomic mass is 10.0. The van der Waals surface area contributed by atoms with E-state index in [9.17, 15) is 5.11 Å². The molecule has 0 saturated heterocycles. The zero-order valence-electron chi connectivity index (χ0n) is 20.3. The van der Waals surface area contributed by atoms with E-state index in [1.165, 1.54) is 89.3 Å². The Morgan fingerprint density at radius 1 is 0.839 bits per heavy atom. The smallest absolute Gasteiger partial charge is 0.222 e. The summed E-state index contributed by atoms with van der Waals surface area (Å²) < 4.78 is 0.850. The Kier molecular flexibility index (Phi) is 21.7. The first-order valence-electron chi connectivity index (χ1n) is 13.0. The number of quaternary nitrogens is 1.